The largest absolute Gasteiger partial charge is 0.466 e. The number of urea groups is 1. The molecule has 0 radical (unpaired) electrons. The lowest BCUT2D eigenvalue weighted by Crippen LogP contribution is -2.39. The smallest absolute Gasteiger partial charge is 0.387 e. The van der Waals surface area contributed by atoms with Crippen LogP contribution in [0.2, 0.25) is 0 Å². The summed E-state index contributed by atoms with van der Waals surface area (Å²) in [5, 5.41) is 8.59. The maximum atomic E-state index is 13.3. The van der Waals surface area contributed by atoms with Crippen molar-refractivity contribution >= 4 is 23.7 Å². The van der Waals surface area contributed by atoms with Crippen LogP contribution in [0.3, 0.4) is 0 Å². The van der Waals surface area contributed by atoms with Crippen molar-refractivity contribution in [2.45, 2.75) is 64.5 Å². The van der Waals surface area contributed by atoms with Gasteiger partial charge in [0.25, 0.3) is 0 Å². The summed E-state index contributed by atoms with van der Waals surface area (Å²) in [5.41, 5.74) is 1.11. The molecule has 196 valence electrons. The van der Waals surface area contributed by atoms with E-state index in [9.17, 15) is 23.2 Å². The van der Waals surface area contributed by atoms with Crippen LogP contribution < -0.4 is 20.7 Å². The molecule has 9 nitrogen and oxygen atoms in total. The van der Waals surface area contributed by atoms with Crippen LogP contribution in [0.25, 0.3) is 0 Å². The molecule has 1 aromatic carbocycles. The minimum absolute atomic E-state index is 0.0198. The monoisotopic (exact) mass is 507 g/mol. The number of hydrogen-bond acceptors (Lipinski definition) is 7. The van der Waals surface area contributed by atoms with Gasteiger partial charge in [0.15, 0.2) is 0 Å². The van der Waals surface area contributed by atoms with Crippen molar-refractivity contribution in [2.75, 3.05) is 19.5 Å². The molecule has 0 saturated heterocycles. The highest BCUT2D eigenvalue weighted by atomic mass is 19.3. The number of anilines is 1. The third kappa shape index (κ3) is 6.13. The van der Waals surface area contributed by atoms with Crippen LogP contribution in [-0.2, 0) is 19.1 Å². The Morgan fingerprint density at radius 1 is 0.972 bits per heavy atom. The number of ether oxygens (including phenoxy) is 3. The van der Waals surface area contributed by atoms with E-state index in [-0.39, 0.29) is 34.2 Å². The maximum Gasteiger partial charge on any atom is 0.387 e. The number of methoxy groups -OCH3 is 2. The fourth-order valence-electron chi connectivity index (χ4n) is 4.72. The van der Waals surface area contributed by atoms with Gasteiger partial charge in [-0.15, -0.1) is 0 Å². The van der Waals surface area contributed by atoms with Crippen molar-refractivity contribution < 1.29 is 37.4 Å². The number of benzene rings is 1. The Kier molecular flexibility index (Phi) is 8.89. The lowest BCUT2D eigenvalue weighted by atomic mass is 9.79. The average molecular weight is 508 g/mol. The van der Waals surface area contributed by atoms with Gasteiger partial charge in [-0.1, -0.05) is 19.3 Å². The number of dihydropyridines is 1. The Bertz CT molecular complexity index is 1040. The summed E-state index contributed by atoms with van der Waals surface area (Å²) in [6, 6.07) is 3.68. The Morgan fingerprint density at radius 3 is 2.08 bits per heavy atom. The van der Waals surface area contributed by atoms with Crippen molar-refractivity contribution in [2.24, 2.45) is 0 Å². The van der Waals surface area contributed by atoms with E-state index in [1.54, 1.807) is 13.8 Å². The summed E-state index contributed by atoms with van der Waals surface area (Å²) in [5.74, 6) is -2.97. The lowest BCUT2D eigenvalue weighted by molar-refractivity contribution is -0.137. The quantitative estimate of drug-likeness (QED) is 0.471. The zero-order chi connectivity index (χ0) is 26.4. The molecule has 0 bridgehead atoms. The normalized spacial score (nSPS) is 17.0. The van der Waals surface area contributed by atoms with Gasteiger partial charge < -0.3 is 30.2 Å². The standard InChI is InChI=1S/C25H31F2N3O6/c1-13-19(22(31)34-3)21(20(14(2)28-13)23(32)35-4)17-12-16(10-11-18(17)36-24(26)27)30-25(33)29-15-8-6-5-7-9-15/h10-12,15,21,24,28H,5-9H2,1-4H3,(H2,29,30,33). The van der Waals surface area contributed by atoms with Gasteiger partial charge >= 0.3 is 24.6 Å². The van der Waals surface area contributed by atoms with E-state index < -0.39 is 30.5 Å². The van der Waals surface area contributed by atoms with Crippen molar-refractivity contribution in [3.05, 3.63) is 46.3 Å². The van der Waals surface area contributed by atoms with E-state index in [4.69, 9.17) is 14.2 Å². The second-order valence-electron chi connectivity index (χ2n) is 8.68. The van der Waals surface area contributed by atoms with Gasteiger partial charge in [-0.25, -0.2) is 14.4 Å². The van der Waals surface area contributed by atoms with Crippen LogP contribution in [0.15, 0.2) is 40.7 Å². The number of amides is 2. The van der Waals surface area contributed by atoms with Gasteiger partial charge in [-0.05, 0) is 44.9 Å². The minimum Gasteiger partial charge on any atom is -0.466 e. The van der Waals surface area contributed by atoms with Crippen LogP contribution in [0.5, 0.6) is 5.75 Å². The molecule has 1 saturated carbocycles. The van der Waals surface area contributed by atoms with Gasteiger partial charge in [-0.3, -0.25) is 0 Å². The molecule has 3 N–H and O–H groups in total. The first-order valence-electron chi connectivity index (χ1n) is 11.7. The van der Waals surface area contributed by atoms with E-state index >= 15 is 0 Å². The number of halogens is 2. The first-order chi connectivity index (χ1) is 17.2. The molecule has 1 aliphatic heterocycles. The molecule has 2 amide bonds. The molecule has 11 heteroatoms. The zero-order valence-electron chi connectivity index (χ0n) is 20.7. The van der Waals surface area contributed by atoms with Gasteiger partial charge in [0.2, 0.25) is 0 Å². The molecule has 1 heterocycles. The molecular weight excluding hydrogens is 476 g/mol. The molecule has 2 aliphatic rings. The first kappa shape index (κ1) is 27.0. The van der Waals surface area contributed by atoms with Crippen molar-refractivity contribution in [3.63, 3.8) is 0 Å². The van der Waals surface area contributed by atoms with Crippen LogP contribution >= 0.6 is 0 Å². The van der Waals surface area contributed by atoms with Crippen molar-refractivity contribution in [3.8, 4) is 5.75 Å². The SMILES string of the molecule is COC(=O)C1=C(C)NC(C)=C(C(=O)OC)C1c1cc(NC(=O)NC2CCCCC2)ccc1OC(F)F. The molecule has 0 spiro atoms. The summed E-state index contributed by atoms with van der Waals surface area (Å²) in [4.78, 5) is 38.2. The Hall–Kier alpha value is -3.63. The van der Waals surface area contributed by atoms with E-state index in [0.29, 0.717) is 11.4 Å². The number of allylic oxidation sites excluding steroid dienone is 2. The summed E-state index contributed by atoms with van der Waals surface area (Å²) >= 11 is 0. The topological polar surface area (TPSA) is 115 Å². The van der Waals surface area contributed by atoms with E-state index in [1.165, 1.54) is 32.4 Å². The van der Waals surface area contributed by atoms with Gasteiger partial charge in [0.05, 0.1) is 31.3 Å². The van der Waals surface area contributed by atoms with E-state index in [2.05, 4.69) is 16.0 Å². The highest BCUT2D eigenvalue weighted by Gasteiger charge is 2.39. The van der Waals surface area contributed by atoms with Gasteiger partial charge in [0, 0.05) is 28.7 Å². The number of hydrogen-bond donors (Lipinski definition) is 3. The third-order valence-electron chi connectivity index (χ3n) is 6.31. The fraction of sp³-hybridized carbons (Fsp3) is 0.480. The molecular formula is C25H31F2N3O6. The fourth-order valence-corrected chi connectivity index (χ4v) is 4.72. The highest BCUT2D eigenvalue weighted by Crippen LogP contribution is 2.44. The molecule has 3 rings (SSSR count). The number of nitrogens with one attached hydrogen (secondary N) is 3. The number of carbonyl (C=O) groups excluding carboxylic acids is 3. The summed E-state index contributed by atoms with van der Waals surface area (Å²) in [6.07, 6.45) is 4.97. The first-order valence-corrected chi connectivity index (χ1v) is 11.7. The van der Waals surface area contributed by atoms with E-state index in [1.807, 2.05) is 0 Å². The molecule has 0 unspecified atom stereocenters. The molecule has 1 aliphatic carbocycles. The Morgan fingerprint density at radius 2 is 1.56 bits per heavy atom. The van der Waals surface area contributed by atoms with Gasteiger partial charge in [0.1, 0.15) is 5.75 Å². The second kappa shape index (κ2) is 11.9. The third-order valence-corrected chi connectivity index (χ3v) is 6.31. The Labute approximate surface area is 208 Å². The predicted molar refractivity (Wildman–Crippen MR) is 127 cm³/mol. The van der Waals surface area contributed by atoms with Crippen LogP contribution in [0.4, 0.5) is 19.3 Å². The number of carbonyl (C=O) groups is 3. The molecule has 0 atom stereocenters. The zero-order valence-corrected chi connectivity index (χ0v) is 20.7. The molecule has 36 heavy (non-hydrogen) atoms. The summed E-state index contributed by atoms with van der Waals surface area (Å²) < 4.78 is 41.2. The number of alkyl halides is 2. The van der Waals surface area contributed by atoms with Crippen molar-refractivity contribution in [1.82, 2.24) is 10.6 Å². The van der Waals surface area contributed by atoms with Crippen LogP contribution in [0.1, 0.15) is 57.4 Å². The summed E-state index contributed by atoms with van der Waals surface area (Å²) in [7, 11) is 2.35. The predicted octanol–water partition coefficient (Wildman–Crippen LogP) is 4.32. The van der Waals surface area contributed by atoms with Crippen molar-refractivity contribution in [1.29, 1.82) is 0 Å². The second-order valence-corrected chi connectivity index (χ2v) is 8.68. The molecule has 0 aromatic heterocycles. The lowest BCUT2D eigenvalue weighted by Gasteiger charge is -2.31. The molecule has 1 aromatic rings. The van der Waals surface area contributed by atoms with Crippen LogP contribution in [-0.4, -0.2) is 44.8 Å². The summed E-state index contributed by atoms with van der Waals surface area (Å²) in [6.45, 7) is 0.0335. The number of esters is 2. The van der Waals surface area contributed by atoms with E-state index in [0.717, 1.165) is 32.1 Å². The number of rotatable bonds is 7. The van der Waals surface area contributed by atoms with Gasteiger partial charge in [-0.2, -0.15) is 8.78 Å². The molecule has 1 fully saturated rings. The maximum absolute atomic E-state index is 13.3. The highest BCUT2D eigenvalue weighted by molar-refractivity contribution is 6.00. The van der Waals surface area contributed by atoms with Crippen LogP contribution in [0, 0.1) is 0 Å². The Balaban J connectivity index is 2.07. The average Bonchev–Trinajstić information content (AvgIpc) is 2.84. The minimum atomic E-state index is -3.17.